The maximum Gasteiger partial charge on any atom is 0.304 e. The highest BCUT2D eigenvalue weighted by Crippen LogP contribution is 2.23. The van der Waals surface area contributed by atoms with Crippen LogP contribution >= 0.6 is 23.4 Å². The van der Waals surface area contributed by atoms with Crippen LogP contribution in [0.5, 0.6) is 0 Å². The molecule has 0 saturated heterocycles. The number of thioether (sulfide) groups is 1. The molecule has 0 atom stereocenters. The van der Waals surface area contributed by atoms with Crippen LogP contribution in [0, 0.1) is 0 Å². The Kier molecular flexibility index (Phi) is 4.87. The van der Waals surface area contributed by atoms with E-state index < -0.39 is 5.97 Å². The zero-order valence-corrected chi connectivity index (χ0v) is 11.6. The van der Waals surface area contributed by atoms with Crippen molar-refractivity contribution in [3.05, 3.63) is 41.2 Å². The fourth-order valence-electron chi connectivity index (χ4n) is 1.46. The zero-order chi connectivity index (χ0) is 13.7. The van der Waals surface area contributed by atoms with Crippen molar-refractivity contribution in [3.8, 4) is 11.5 Å². The molecule has 1 aromatic carbocycles. The van der Waals surface area contributed by atoms with E-state index in [9.17, 15) is 4.79 Å². The predicted octanol–water partition coefficient (Wildman–Crippen LogP) is 3.70. The summed E-state index contributed by atoms with van der Waals surface area (Å²) in [4.78, 5) is 14.7. The number of hydrogen-bond acceptors (Lipinski definition) is 4. The molecule has 0 bridgehead atoms. The number of aliphatic carboxylic acids is 1. The molecule has 0 aliphatic carbocycles. The lowest BCUT2D eigenvalue weighted by Crippen LogP contribution is -1.96. The van der Waals surface area contributed by atoms with Crippen molar-refractivity contribution in [2.75, 3.05) is 5.75 Å². The minimum Gasteiger partial charge on any atom is -0.481 e. The molecule has 0 fully saturated rings. The molecule has 4 nitrogen and oxygen atoms in total. The number of rotatable bonds is 6. The predicted molar refractivity (Wildman–Crippen MR) is 75.4 cm³/mol. The Morgan fingerprint density at radius 1 is 1.47 bits per heavy atom. The van der Waals surface area contributed by atoms with E-state index in [2.05, 4.69) is 4.98 Å². The number of halogens is 1. The largest absolute Gasteiger partial charge is 0.481 e. The van der Waals surface area contributed by atoms with Crippen LogP contribution in [0.3, 0.4) is 0 Å². The van der Waals surface area contributed by atoms with Gasteiger partial charge in [-0.15, -0.1) is 0 Å². The van der Waals surface area contributed by atoms with Crippen LogP contribution in [0.15, 0.2) is 34.9 Å². The fraction of sp³-hybridized carbons (Fsp3) is 0.231. The second-order valence-corrected chi connectivity index (χ2v) is 5.39. The lowest BCUT2D eigenvalue weighted by atomic mass is 10.2. The quantitative estimate of drug-likeness (QED) is 0.824. The Labute approximate surface area is 119 Å². The smallest absolute Gasteiger partial charge is 0.304 e. The summed E-state index contributed by atoms with van der Waals surface area (Å²) in [5.41, 5.74) is 1.62. The molecule has 19 heavy (non-hydrogen) atoms. The molecule has 0 unspecified atom stereocenters. The lowest BCUT2D eigenvalue weighted by molar-refractivity contribution is -0.136. The molecule has 2 aromatic rings. The Balaban J connectivity index is 1.94. The van der Waals surface area contributed by atoms with Gasteiger partial charge in [0.15, 0.2) is 0 Å². The van der Waals surface area contributed by atoms with E-state index in [0.29, 0.717) is 22.4 Å². The van der Waals surface area contributed by atoms with Crippen LogP contribution in [0.25, 0.3) is 11.5 Å². The van der Waals surface area contributed by atoms with E-state index in [1.807, 2.05) is 12.1 Å². The Bertz CT molecular complexity index is 571. The van der Waals surface area contributed by atoms with Crippen LogP contribution in [0.2, 0.25) is 5.02 Å². The van der Waals surface area contributed by atoms with E-state index in [4.69, 9.17) is 21.1 Å². The Morgan fingerprint density at radius 3 is 3.05 bits per heavy atom. The third kappa shape index (κ3) is 4.29. The number of hydrogen-bond donors (Lipinski definition) is 1. The molecular formula is C13H12ClNO3S. The molecule has 1 heterocycles. The van der Waals surface area contributed by atoms with E-state index >= 15 is 0 Å². The first-order valence-electron chi connectivity index (χ1n) is 5.65. The number of nitrogens with zero attached hydrogens (tertiary/aromatic N) is 1. The highest BCUT2D eigenvalue weighted by Gasteiger charge is 2.07. The average Bonchev–Trinajstić information content (AvgIpc) is 2.83. The van der Waals surface area contributed by atoms with Crippen LogP contribution in [-0.4, -0.2) is 21.8 Å². The van der Waals surface area contributed by atoms with Crippen LogP contribution in [0.4, 0.5) is 0 Å². The van der Waals surface area contributed by atoms with Gasteiger partial charge in [-0.2, -0.15) is 11.8 Å². The molecule has 0 saturated carbocycles. The zero-order valence-electron chi connectivity index (χ0n) is 10.0. The number of carboxylic acid groups (broad SMARTS) is 1. The molecule has 1 aromatic heterocycles. The number of aromatic nitrogens is 1. The Morgan fingerprint density at radius 2 is 2.32 bits per heavy atom. The third-order valence-electron chi connectivity index (χ3n) is 2.33. The second-order valence-electron chi connectivity index (χ2n) is 3.85. The van der Waals surface area contributed by atoms with Gasteiger partial charge < -0.3 is 9.52 Å². The maximum atomic E-state index is 10.4. The second kappa shape index (κ2) is 6.63. The summed E-state index contributed by atoms with van der Waals surface area (Å²) in [6.07, 6.45) is 1.74. The van der Waals surface area contributed by atoms with Gasteiger partial charge in [-0.3, -0.25) is 4.79 Å². The first kappa shape index (κ1) is 14.0. The molecular weight excluding hydrogens is 286 g/mol. The summed E-state index contributed by atoms with van der Waals surface area (Å²) in [7, 11) is 0. The van der Waals surface area contributed by atoms with Crippen LogP contribution < -0.4 is 0 Å². The topological polar surface area (TPSA) is 63.3 Å². The van der Waals surface area contributed by atoms with E-state index in [0.717, 1.165) is 11.3 Å². The van der Waals surface area contributed by atoms with E-state index in [1.54, 1.807) is 18.4 Å². The molecule has 0 amide bonds. The number of benzene rings is 1. The molecule has 1 N–H and O–H groups in total. The fourth-order valence-corrected chi connectivity index (χ4v) is 2.46. The summed E-state index contributed by atoms with van der Waals surface area (Å²) < 4.78 is 5.38. The summed E-state index contributed by atoms with van der Waals surface area (Å²) >= 11 is 7.42. The first-order chi connectivity index (χ1) is 9.15. The standard InChI is InChI=1S/C13H12ClNO3S/c14-10-3-1-2-9(6-10)13-15-11(7-18-13)8-19-5-4-12(16)17/h1-3,6-7H,4-5,8H2,(H,16,17). The van der Waals surface area contributed by atoms with Gasteiger partial charge >= 0.3 is 5.97 Å². The summed E-state index contributed by atoms with van der Waals surface area (Å²) in [5, 5.41) is 9.16. The van der Waals surface area contributed by atoms with Crippen molar-refractivity contribution in [2.24, 2.45) is 0 Å². The molecule has 0 radical (unpaired) electrons. The van der Waals surface area contributed by atoms with E-state index in [-0.39, 0.29) is 6.42 Å². The van der Waals surface area contributed by atoms with Gasteiger partial charge in [0.05, 0.1) is 12.1 Å². The van der Waals surface area contributed by atoms with E-state index in [1.165, 1.54) is 11.8 Å². The average molecular weight is 298 g/mol. The number of carboxylic acids is 1. The normalized spacial score (nSPS) is 10.6. The first-order valence-corrected chi connectivity index (χ1v) is 7.18. The summed E-state index contributed by atoms with van der Waals surface area (Å²) in [6.45, 7) is 0. The van der Waals surface area contributed by atoms with Gasteiger partial charge in [-0.25, -0.2) is 4.98 Å². The van der Waals surface area contributed by atoms with Crippen molar-refractivity contribution >= 4 is 29.3 Å². The molecule has 2 rings (SSSR count). The summed E-state index contributed by atoms with van der Waals surface area (Å²) in [6, 6.07) is 7.29. The maximum absolute atomic E-state index is 10.4. The van der Waals surface area contributed by atoms with Gasteiger partial charge in [-0.1, -0.05) is 17.7 Å². The van der Waals surface area contributed by atoms with Crippen molar-refractivity contribution in [1.29, 1.82) is 0 Å². The molecule has 6 heteroatoms. The highest BCUT2D eigenvalue weighted by atomic mass is 35.5. The van der Waals surface area contributed by atoms with Crippen molar-refractivity contribution in [3.63, 3.8) is 0 Å². The van der Waals surface area contributed by atoms with Crippen molar-refractivity contribution < 1.29 is 14.3 Å². The molecule has 0 aliphatic rings. The number of carbonyl (C=O) groups is 1. The van der Waals surface area contributed by atoms with Gasteiger partial charge in [0.1, 0.15) is 6.26 Å². The lowest BCUT2D eigenvalue weighted by Gasteiger charge is -1.96. The third-order valence-corrected chi connectivity index (χ3v) is 3.56. The van der Waals surface area contributed by atoms with Crippen LogP contribution in [0.1, 0.15) is 12.1 Å². The highest BCUT2D eigenvalue weighted by molar-refractivity contribution is 7.98. The Hall–Kier alpha value is -1.46. The minimum atomic E-state index is -0.785. The van der Waals surface area contributed by atoms with Gasteiger partial charge in [0, 0.05) is 22.1 Å². The minimum absolute atomic E-state index is 0.156. The molecule has 100 valence electrons. The molecule has 0 aliphatic heterocycles. The number of oxazole rings is 1. The van der Waals surface area contributed by atoms with Gasteiger partial charge in [0.2, 0.25) is 5.89 Å². The molecule has 0 spiro atoms. The SMILES string of the molecule is O=C(O)CCSCc1coc(-c2cccc(Cl)c2)n1. The summed E-state index contributed by atoms with van der Waals surface area (Å²) in [5.74, 6) is 0.940. The van der Waals surface area contributed by atoms with Crippen LogP contribution in [-0.2, 0) is 10.5 Å². The van der Waals surface area contributed by atoms with Crippen molar-refractivity contribution in [1.82, 2.24) is 4.98 Å². The van der Waals surface area contributed by atoms with Crippen molar-refractivity contribution in [2.45, 2.75) is 12.2 Å². The van der Waals surface area contributed by atoms with Gasteiger partial charge in [-0.05, 0) is 18.2 Å². The van der Waals surface area contributed by atoms with Gasteiger partial charge in [0.25, 0.3) is 0 Å². The monoisotopic (exact) mass is 297 g/mol.